The van der Waals surface area contributed by atoms with Crippen molar-refractivity contribution >= 4 is 34.6 Å². The Bertz CT molecular complexity index is 1020. The molecule has 15 heteroatoms. The normalized spacial score (nSPS) is 42.8. The van der Waals surface area contributed by atoms with Crippen LogP contribution in [0.2, 0.25) is 0 Å². The first kappa shape index (κ1) is 43.3. The van der Waals surface area contributed by atoms with Crippen molar-refractivity contribution in [2.45, 2.75) is 141 Å². The molecule has 0 amide bonds. The molecule has 0 aromatic carbocycles. The summed E-state index contributed by atoms with van der Waals surface area (Å²) >= 11 is 4.07. The van der Waals surface area contributed by atoms with Crippen LogP contribution in [0.25, 0.3) is 0 Å². The first-order valence-corrected chi connectivity index (χ1v) is 19.0. The maximum atomic E-state index is 13.5. The molecule has 282 valence electrons. The molecule has 2 aliphatic rings. The van der Waals surface area contributed by atoms with E-state index in [0.717, 1.165) is 0 Å². The quantitative estimate of drug-likeness (QED) is 0.107. The lowest BCUT2D eigenvalue weighted by molar-refractivity contribution is -0.300. The number of esters is 1. The number of nitrogens with zero attached hydrogens (tertiary/aromatic N) is 2. The molecule has 2 fully saturated rings. The molecule has 2 heterocycles. The van der Waals surface area contributed by atoms with Crippen LogP contribution in [0.1, 0.15) is 74.7 Å². The van der Waals surface area contributed by atoms with Crippen LogP contribution >= 0.6 is 22.5 Å². The molecule has 14 atom stereocenters. The minimum absolute atomic E-state index is 0.0972. The van der Waals surface area contributed by atoms with Gasteiger partial charge < -0.3 is 53.9 Å². The Morgan fingerprint density at radius 2 is 1.77 bits per heavy atom. The van der Waals surface area contributed by atoms with E-state index in [4.69, 9.17) is 23.7 Å². The van der Waals surface area contributed by atoms with Gasteiger partial charge in [-0.05, 0) is 80.9 Å². The van der Waals surface area contributed by atoms with E-state index in [2.05, 4.69) is 11.7 Å². The molecule has 0 saturated carbocycles. The van der Waals surface area contributed by atoms with Crippen molar-refractivity contribution in [3.63, 3.8) is 0 Å². The Kier molecular flexibility index (Phi) is 16.7. The first-order chi connectivity index (χ1) is 22.2. The van der Waals surface area contributed by atoms with E-state index in [0.29, 0.717) is 18.7 Å². The number of aliphatic hydroxyl groups is 4. The van der Waals surface area contributed by atoms with Gasteiger partial charge in [0.1, 0.15) is 24.4 Å². The third-order valence-electron chi connectivity index (χ3n) is 10.1. The fourth-order valence-electron chi connectivity index (χ4n) is 7.16. The maximum absolute atomic E-state index is 13.5. The monoisotopic (exact) mass is 726 g/mol. The van der Waals surface area contributed by atoms with Gasteiger partial charge in [-0.15, -0.1) is 11.7 Å². The van der Waals surface area contributed by atoms with Crippen LogP contribution in [0.15, 0.2) is 0 Å². The molecule has 13 nitrogen and oxygen atoms in total. The third-order valence-corrected chi connectivity index (χ3v) is 11.0. The van der Waals surface area contributed by atoms with Gasteiger partial charge in [-0.3, -0.25) is 4.79 Å². The van der Waals surface area contributed by atoms with E-state index < -0.39 is 78.0 Å². The first-order valence-electron chi connectivity index (χ1n) is 17.0. The molecule has 0 aromatic heterocycles. The molecule has 0 unspecified atom stereocenters. The number of thiol groups is 1. The average Bonchev–Trinajstić information content (AvgIpc) is 3.00. The Morgan fingerprint density at radius 3 is 2.33 bits per heavy atom. The second-order valence-corrected chi connectivity index (χ2v) is 16.1. The number of likely N-dealkylation sites (N-methyl/N-ethyl adjacent to an activating group) is 2. The second kappa shape index (κ2) is 18.6. The van der Waals surface area contributed by atoms with Gasteiger partial charge >= 0.3 is 12.1 Å². The zero-order valence-electron chi connectivity index (χ0n) is 30.6. The Balaban J connectivity index is 2.57. The molecule has 0 bridgehead atoms. The van der Waals surface area contributed by atoms with Gasteiger partial charge in [0.25, 0.3) is 0 Å². The summed E-state index contributed by atoms with van der Waals surface area (Å²) in [6, 6.07) is -0.866. The summed E-state index contributed by atoms with van der Waals surface area (Å²) in [5, 5.41) is 46.5. The number of rotatable bonds is 8. The van der Waals surface area contributed by atoms with Crippen LogP contribution in [0.3, 0.4) is 0 Å². The van der Waals surface area contributed by atoms with Gasteiger partial charge in [0.2, 0.25) is 0 Å². The molecule has 48 heavy (non-hydrogen) atoms. The van der Waals surface area contributed by atoms with Crippen LogP contribution in [-0.2, 0) is 28.5 Å². The highest BCUT2D eigenvalue weighted by Gasteiger charge is 2.51. The highest BCUT2D eigenvalue weighted by molar-refractivity contribution is 8.68. The SMILES string of the molecule is CC[C@H]1OC(=O)[C@H](C)[C@@H](O)[C@H](C)[C@@H](O[C@@H]2O[C@H](C)C[C@H](N(C)C)[C@H]2OC(=O)OCCSS)[C@](C)(O)C[C@@H](C)CN(C)[C@H](C)[C@@H](O)[C@]1(C)O. The summed E-state index contributed by atoms with van der Waals surface area (Å²) in [5.74, 6) is -2.42. The number of cyclic esters (lactones) is 1. The molecule has 0 radical (unpaired) electrons. The number of hydrogen-bond donors (Lipinski definition) is 5. The Labute approximate surface area is 296 Å². The van der Waals surface area contributed by atoms with Crippen molar-refractivity contribution in [2.24, 2.45) is 17.8 Å². The van der Waals surface area contributed by atoms with E-state index in [9.17, 15) is 30.0 Å². The van der Waals surface area contributed by atoms with E-state index >= 15 is 0 Å². The lowest BCUT2D eigenvalue weighted by atomic mass is 9.78. The molecular formula is C33H62N2O11S2. The Morgan fingerprint density at radius 1 is 1.15 bits per heavy atom. The summed E-state index contributed by atoms with van der Waals surface area (Å²) in [4.78, 5) is 30.0. The minimum Gasteiger partial charge on any atom is -0.459 e. The van der Waals surface area contributed by atoms with E-state index in [1.807, 2.05) is 44.8 Å². The summed E-state index contributed by atoms with van der Waals surface area (Å²) in [6.07, 6.45) is -7.17. The molecule has 2 rings (SSSR count). The highest BCUT2D eigenvalue weighted by atomic mass is 33.1. The van der Waals surface area contributed by atoms with Crippen LogP contribution in [0.4, 0.5) is 4.79 Å². The molecule has 2 saturated heterocycles. The van der Waals surface area contributed by atoms with Crippen molar-refractivity contribution in [1.82, 2.24) is 9.80 Å². The predicted octanol–water partition coefficient (Wildman–Crippen LogP) is 2.71. The fourth-order valence-corrected chi connectivity index (χ4v) is 7.54. The van der Waals surface area contributed by atoms with Gasteiger partial charge in [-0.2, -0.15) is 0 Å². The molecule has 4 N–H and O–H groups in total. The van der Waals surface area contributed by atoms with E-state index in [1.54, 1.807) is 27.7 Å². The van der Waals surface area contributed by atoms with Gasteiger partial charge in [0.05, 0.1) is 35.9 Å². The smallest absolute Gasteiger partial charge is 0.459 e. The van der Waals surface area contributed by atoms with Gasteiger partial charge in [-0.1, -0.05) is 31.6 Å². The number of ether oxygens (including phenoxy) is 5. The molecule has 0 spiro atoms. The van der Waals surface area contributed by atoms with Crippen LogP contribution in [0, 0.1) is 17.8 Å². The lowest BCUT2D eigenvalue weighted by Gasteiger charge is -2.47. The molecule has 0 aromatic rings. The Hall–Kier alpha value is -0.880. The van der Waals surface area contributed by atoms with Crippen LogP contribution in [0.5, 0.6) is 0 Å². The van der Waals surface area contributed by atoms with Crippen molar-refractivity contribution < 1.29 is 53.7 Å². The van der Waals surface area contributed by atoms with Crippen LogP contribution < -0.4 is 0 Å². The highest BCUT2D eigenvalue weighted by Crippen LogP contribution is 2.37. The zero-order chi connectivity index (χ0) is 36.7. The van der Waals surface area contributed by atoms with Gasteiger partial charge in [0, 0.05) is 24.3 Å². The van der Waals surface area contributed by atoms with Crippen molar-refractivity contribution in [3.8, 4) is 0 Å². The molecular weight excluding hydrogens is 664 g/mol. The zero-order valence-corrected chi connectivity index (χ0v) is 32.3. The van der Waals surface area contributed by atoms with E-state index in [1.165, 1.54) is 24.6 Å². The van der Waals surface area contributed by atoms with Crippen molar-refractivity contribution in [3.05, 3.63) is 0 Å². The fraction of sp³-hybridized carbons (Fsp3) is 0.939. The van der Waals surface area contributed by atoms with Crippen LogP contribution in [-0.4, -0.2) is 149 Å². The summed E-state index contributed by atoms with van der Waals surface area (Å²) in [6.45, 7) is 14.1. The second-order valence-electron chi connectivity index (χ2n) is 14.6. The topological polar surface area (TPSA) is 168 Å². The minimum atomic E-state index is -1.78. The number of aliphatic hydroxyl groups excluding tert-OH is 2. The third kappa shape index (κ3) is 11.1. The van der Waals surface area contributed by atoms with Crippen molar-refractivity contribution in [2.75, 3.05) is 40.0 Å². The molecule has 2 aliphatic heterocycles. The molecule has 0 aliphatic carbocycles. The van der Waals surface area contributed by atoms with Gasteiger partial charge in [0.15, 0.2) is 12.4 Å². The standard InChI is InChI=1S/C33H62N2O11S2/c1-12-24-33(8,41)27(37)22(6)35(11)17-18(2)16-32(7,40)28(20(4)25(36)21(5)29(38)44-24)46-30-26(45-31(39)42-13-14-48-47)23(34(9)10)15-19(3)43-30/h18-28,30,36-37,40-41,47H,12-17H2,1-11H3/t18-,19-,20+,21-,22-,23+,24-,25+,26-,27-,28-,30+,32-,33-/m1/s1. The number of carbonyl (C=O) groups excluding carboxylic acids is 2. The summed E-state index contributed by atoms with van der Waals surface area (Å²) in [7, 11) is 6.76. The summed E-state index contributed by atoms with van der Waals surface area (Å²) in [5.41, 5.74) is -3.37. The largest absolute Gasteiger partial charge is 0.508 e. The van der Waals surface area contributed by atoms with Crippen molar-refractivity contribution in [1.29, 1.82) is 0 Å². The van der Waals surface area contributed by atoms with Gasteiger partial charge in [-0.25, -0.2) is 4.79 Å². The maximum Gasteiger partial charge on any atom is 0.508 e. The lowest BCUT2D eigenvalue weighted by Crippen LogP contribution is -2.60. The predicted molar refractivity (Wildman–Crippen MR) is 187 cm³/mol. The average molecular weight is 727 g/mol. The van der Waals surface area contributed by atoms with E-state index in [-0.39, 0.29) is 37.5 Å². The number of carbonyl (C=O) groups is 2. The number of hydrogen-bond acceptors (Lipinski definition) is 15. The summed E-state index contributed by atoms with van der Waals surface area (Å²) < 4.78 is 29.7.